The van der Waals surface area contributed by atoms with Gasteiger partial charge in [-0.3, -0.25) is 0 Å². The zero-order valence-electron chi connectivity index (χ0n) is 16.3. The van der Waals surface area contributed by atoms with Gasteiger partial charge < -0.3 is 19.1 Å². The van der Waals surface area contributed by atoms with Crippen molar-refractivity contribution in [1.29, 1.82) is 0 Å². The summed E-state index contributed by atoms with van der Waals surface area (Å²) in [4.78, 5) is 13.9. The fourth-order valence-corrected chi connectivity index (χ4v) is 3.80. The highest BCUT2D eigenvalue weighted by molar-refractivity contribution is 5.91. The van der Waals surface area contributed by atoms with Gasteiger partial charge in [0.15, 0.2) is 0 Å². The molecule has 1 fully saturated rings. The van der Waals surface area contributed by atoms with Crippen LogP contribution in [0.1, 0.15) is 25.3 Å². The summed E-state index contributed by atoms with van der Waals surface area (Å²) in [5.41, 5.74) is 2.17. The summed E-state index contributed by atoms with van der Waals surface area (Å²) in [6.45, 7) is 4.30. The van der Waals surface area contributed by atoms with Gasteiger partial charge in [-0.2, -0.15) is 0 Å². The Labute approximate surface area is 156 Å². The number of aryl methyl sites for hydroxylation is 1. The van der Waals surface area contributed by atoms with Crippen LogP contribution < -0.4 is 4.90 Å². The van der Waals surface area contributed by atoms with E-state index in [-0.39, 0.29) is 0 Å². The molecule has 0 saturated carbocycles. The van der Waals surface area contributed by atoms with Crippen molar-refractivity contribution in [2.45, 2.75) is 38.3 Å². The molecule has 2 atom stereocenters. The Morgan fingerprint density at radius 2 is 2.15 bits per heavy atom. The van der Waals surface area contributed by atoms with E-state index in [1.807, 2.05) is 7.05 Å². The molecule has 6 nitrogen and oxygen atoms in total. The number of rotatable bonds is 6. The summed E-state index contributed by atoms with van der Waals surface area (Å²) in [6, 6.07) is 1.10. The third kappa shape index (κ3) is 3.69. The molecule has 1 aliphatic heterocycles. The second kappa shape index (κ2) is 8.07. The zero-order valence-corrected chi connectivity index (χ0v) is 16.3. The quantitative estimate of drug-likeness (QED) is 0.586. The molecule has 1 aliphatic rings. The van der Waals surface area contributed by atoms with Crippen LogP contribution in [0.2, 0.25) is 0 Å². The first-order valence-corrected chi connectivity index (χ1v) is 9.26. The number of hydrogen-bond donors (Lipinski definition) is 0. The monoisotopic (exact) mass is 355 g/mol. The number of ether oxygens (including phenoxy) is 1. The van der Waals surface area contributed by atoms with Crippen LogP contribution in [0.3, 0.4) is 0 Å². The van der Waals surface area contributed by atoms with Crippen molar-refractivity contribution in [3.8, 4) is 12.3 Å². The highest BCUT2D eigenvalue weighted by Crippen LogP contribution is 2.31. The van der Waals surface area contributed by atoms with Crippen molar-refractivity contribution in [1.82, 2.24) is 19.4 Å². The highest BCUT2D eigenvalue weighted by atomic mass is 16.5. The van der Waals surface area contributed by atoms with Gasteiger partial charge in [-0.25, -0.2) is 9.97 Å². The molecular weight excluding hydrogens is 326 g/mol. The zero-order chi connectivity index (χ0) is 18.7. The molecule has 0 spiro atoms. The molecule has 140 valence electrons. The first-order chi connectivity index (χ1) is 12.5. The Bertz CT molecular complexity index is 793. The lowest BCUT2D eigenvalue weighted by Gasteiger charge is -2.40. The Morgan fingerprint density at radius 3 is 2.88 bits per heavy atom. The average Bonchev–Trinajstić information content (AvgIpc) is 2.97. The Hall–Kier alpha value is -2.10. The van der Waals surface area contributed by atoms with Crippen molar-refractivity contribution in [2.24, 2.45) is 7.05 Å². The van der Waals surface area contributed by atoms with E-state index in [1.54, 1.807) is 6.33 Å². The average molecular weight is 355 g/mol. The number of nitrogens with zero attached hydrogens (tertiary/aromatic N) is 5. The van der Waals surface area contributed by atoms with Gasteiger partial charge in [0.25, 0.3) is 0 Å². The van der Waals surface area contributed by atoms with E-state index >= 15 is 0 Å². The first-order valence-electron chi connectivity index (χ1n) is 9.26. The summed E-state index contributed by atoms with van der Waals surface area (Å²) in [5, 5.41) is 1.13. The molecule has 0 bridgehead atoms. The maximum atomic E-state index is 5.48. The van der Waals surface area contributed by atoms with E-state index in [9.17, 15) is 0 Å². The summed E-state index contributed by atoms with van der Waals surface area (Å²) in [6.07, 6.45) is 12.3. The minimum Gasteiger partial charge on any atom is -0.368 e. The maximum absolute atomic E-state index is 5.48. The second-order valence-corrected chi connectivity index (χ2v) is 7.30. The Morgan fingerprint density at radius 1 is 1.35 bits per heavy atom. The van der Waals surface area contributed by atoms with Gasteiger partial charge in [0.1, 0.15) is 24.4 Å². The lowest BCUT2D eigenvalue weighted by Crippen LogP contribution is -2.48. The number of aromatic nitrogens is 3. The minimum absolute atomic E-state index is 0.348. The van der Waals surface area contributed by atoms with Gasteiger partial charge >= 0.3 is 0 Å². The number of likely N-dealkylation sites (N-methyl/N-ethyl adjacent to an activating group) is 2. The fourth-order valence-electron chi connectivity index (χ4n) is 3.80. The summed E-state index contributed by atoms with van der Waals surface area (Å²) in [5.74, 6) is 3.52. The number of fused-ring (bicyclic) bond motifs is 1. The maximum Gasteiger partial charge on any atom is 0.145 e. The normalized spacial score (nSPS) is 21.0. The lowest BCUT2D eigenvalue weighted by atomic mass is 9.99. The molecule has 0 aromatic carbocycles. The predicted octanol–water partition coefficient (Wildman–Crippen LogP) is 2.08. The van der Waals surface area contributed by atoms with E-state index in [1.165, 1.54) is 18.4 Å². The summed E-state index contributed by atoms with van der Waals surface area (Å²) in [7, 11) is 6.39. The number of hydrogen-bond acceptors (Lipinski definition) is 5. The largest absolute Gasteiger partial charge is 0.368 e. The summed E-state index contributed by atoms with van der Waals surface area (Å²) < 4.78 is 7.55. The molecule has 3 heterocycles. The third-order valence-electron chi connectivity index (χ3n) is 5.56. The molecule has 26 heavy (non-hydrogen) atoms. The van der Waals surface area contributed by atoms with Gasteiger partial charge in [-0.1, -0.05) is 5.92 Å². The second-order valence-electron chi connectivity index (χ2n) is 7.30. The van der Waals surface area contributed by atoms with Gasteiger partial charge in [-0.05, 0) is 38.8 Å². The molecule has 0 amide bonds. The molecule has 2 aromatic rings. The van der Waals surface area contributed by atoms with Crippen molar-refractivity contribution >= 4 is 16.9 Å². The number of anilines is 1. The van der Waals surface area contributed by atoms with Crippen molar-refractivity contribution in [2.75, 3.05) is 38.8 Å². The van der Waals surface area contributed by atoms with E-state index in [0.717, 1.165) is 29.8 Å². The van der Waals surface area contributed by atoms with Gasteiger partial charge in [0, 0.05) is 38.9 Å². The van der Waals surface area contributed by atoms with E-state index < -0.39 is 0 Å². The third-order valence-corrected chi connectivity index (χ3v) is 5.56. The molecule has 1 saturated heterocycles. The van der Waals surface area contributed by atoms with Gasteiger partial charge in [0.2, 0.25) is 0 Å². The predicted molar refractivity (Wildman–Crippen MR) is 105 cm³/mol. The van der Waals surface area contributed by atoms with Gasteiger partial charge in [-0.15, -0.1) is 6.42 Å². The van der Waals surface area contributed by atoms with Crippen molar-refractivity contribution < 1.29 is 4.74 Å². The van der Waals surface area contributed by atoms with Crippen LogP contribution in [0, 0.1) is 12.3 Å². The van der Waals surface area contributed by atoms with E-state index in [4.69, 9.17) is 11.2 Å². The van der Waals surface area contributed by atoms with Crippen LogP contribution in [0.15, 0.2) is 12.5 Å². The van der Waals surface area contributed by atoms with Crippen LogP contribution >= 0.6 is 0 Å². The van der Waals surface area contributed by atoms with Crippen LogP contribution in [0.25, 0.3) is 11.0 Å². The lowest BCUT2D eigenvalue weighted by molar-refractivity contribution is 0.171. The first kappa shape index (κ1) is 18.7. The molecular formula is C20H29N5O. The van der Waals surface area contributed by atoms with E-state index in [2.05, 4.69) is 57.5 Å². The van der Waals surface area contributed by atoms with Crippen LogP contribution in [-0.2, 0) is 18.2 Å². The number of piperidine rings is 1. The smallest absolute Gasteiger partial charge is 0.145 e. The molecule has 0 radical (unpaired) electrons. The Kier molecular flexibility index (Phi) is 5.80. The fraction of sp³-hybridized carbons (Fsp3) is 0.600. The number of terminal acetylenes is 1. The molecule has 6 heteroatoms. The van der Waals surface area contributed by atoms with Crippen molar-refractivity contribution in [3.05, 3.63) is 18.1 Å². The van der Waals surface area contributed by atoms with Gasteiger partial charge in [0.05, 0.1) is 12.0 Å². The summed E-state index contributed by atoms with van der Waals surface area (Å²) >= 11 is 0. The molecule has 3 rings (SSSR count). The minimum atomic E-state index is 0.348. The molecule has 0 N–H and O–H groups in total. The van der Waals surface area contributed by atoms with Crippen molar-refractivity contribution in [3.63, 3.8) is 0 Å². The SMILES string of the molecule is C#CCOCCc1cn(C)c2ncnc(N(C)C3CCC(C)N(C)C3)c12. The Balaban J connectivity index is 1.89. The van der Waals surface area contributed by atoms with Crippen LogP contribution in [0.4, 0.5) is 5.82 Å². The van der Waals surface area contributed by atoms with E-state index in [0.29, 0.717) is 25.3 Å². The molecule has 2 aromatic heterocycles. The highest BCUT2D eigenvalue weighted by Gasteiger charge is 2.28. The topological polar surface area (TPSA) is 46.4 Å². The molecule has 2 unspecified atom stereocenters. The van der Waals surface area contributed by atoms with Crippen LogP contribution in [-0.4, -0.2) is 65.4 Å². The van der Waals surface area contributed by atoms with Crippen LogP contribution in [0.5, 0.6) is 0 Å². The standard InChI is InChI=1S/C20H29N5O/c1-6-10-26-11-9-16-12-24(4)19-18(16)20(22-14-21-19)25(5)17-8-7-15(2)23(3)13-17/h1,12,14-15,17H,7-11,13H2,2-5H3. The molecule has 0 aliphatic carbocycles. The number of likely N-dealkylation sites (tertiary alicyclic amines) is 1.